The molecule has 1 fully saturated rings. The number of amidine groups is 1. The van der Waals surface area contributed by atoms with Gasteiger partial charge in [0.25, 0.3) is 0 Å². The van der Waals surface area contributed by atoms with Crippen LogP contribution < -0.4 is 15.3 Å². The van der Waals surface area contributed by atoms with Crippen LogP contribution in [0.5, 0.6) is 0 Å². The summed E-state index contributed by atoms with van der Waals surface area (Å²) >= 11 is 1.22. The SMILES string of the molecule is O=C(C[C@@H]1SC(=Nc2ccccc2)N(c2ccccc2)C1=O)Nc1cccc(C(=O)[O-])c1. The van der Waals surface area contributed by atoms with E-state index < -0.39 is 17.1 Å². The number of nitrogens with one attached hydrogen (secondary N) is 1. The van der Waals surface area contributed by atoms with Crippen LogP contribution in [-0.4, -0.2) is 28.2 Å². The van der Waals surface area contributed by atoms with Gasteiger partial charge in [0, 0.05) is 12.1 Å². The summed E-state index contributed by atoms with van der Waals surface area (Å²) in [7, 11) is 0. The number of carboxylic acids is 1. The number of rotatable bonds is 6. The van der Waals surface area contributed by atoms with E-state index in [1.54, 1.807) is 6.07 Å². The number of carboxylic acid groups (broad SMARTS) is 1. The third-order valence-electron chi connectivity index (χ3n) is 4.68. The lowest BCUT2D eigenvalue weighted by Gasteiger charge is -2.16. The summed E-state index contributed by atoms with van der Waals surface area (Å²) in [6.45, 7) is 0. The molecule has 0 saturated carbocycles. The first-order valence-corrected chi connectivity index (χ1v) is 10.7. The highest BCUT2D eigenvalue weighted by molar-refractivity contribution is 8.16. The largest absolute Gasteiger partial charge is 0.545 e. The third-order valence-corrected chi connectivity index (χ3v) is 5.82. The molecule has 7 nitrogen and oxygen atoms in total. The fourth-order valence-electron chi connectivity index (χ4n) is 3.21. The predicted octanol–water partition coefficient (Wildman–Crippen LogP) is 3.22. The van der Waals surface area contributed by atoms with Gasteiger partial charge in [-0.2, -0.15) is 0 Å². The van der Waals surface area contributed by atoms with Crippen molar-refractivity contribution in [2.45, 2.75) is 11.7 Å². The summed E-state index contributed by atoms with van der Waals surface area (Å²) in [5.41, 5.74) is 1.66. The third kappa shape index (κ3) is 4.87. The minimum absolute atomic E-state index is 0.0401. The van der Waals surface area contributed by atoms with Crippen molar-refractivity contribution >= 4 is 51.8 Å². The number of nitrogens with zero attached hydrogens (tertiary/aromatic N) is 2. The molecular weight excluding hydrogens is 426 g/mol. The second-order valence-electron chi connectivity index (χ2n) is 6.97. The van der Waals surface area contributed by atoms with Crippen LogP contribution in [0, 0.1) is 0 Å². The first-order valence-electron chi connectivity index (χ1n) is 9.82. The molecule has 1 aliphatic rings. The number of carbonyl (C=O) groups is 3. The van der Waals surface area contributed by atoms with Crippen LogP contribution in [0.15, 0.2) is 89.9 Å². The van der Waals surface area contributed by atoms with Crippen LogP contribution >= 0.6 is 11.8 Å². The Morgan fingerprint density at radius 1 is 0.969 bits per heavy atom. The van der Waals surface area contributed by atoms with Crippen molar-refractivity contribution in [3.63, 3.8) is 0 Å². The maximum Gasteiger partial charge on any atom is 0.247 e. The summed E-state index contributed by atoms with van der Waals surface area (Å²) in [6.07, 6.45) is -0.0871. The molecule has 1 saturated heterocycles. The second-order valence-corrected chi connectivity index (χ2v) is 8.14. The fraction of sp³-hybridized carbons (Fsp3) is 0.0833. The fourth-order valence-corrected chi connectivity index (χ4v) is 4.36. The van der Waals surface area contributed by atoms with Crippen molar-refractivity contribution in [2.75, 3.05) is 10.2 Å². The van der Waals surface area contributed by atoms with E-state index in [0.29, 0.717) is 22.2 Å². The van der Waals surface area contributed by atoms with Gasteiger partial charge < -0.3 is 15.2 Å². The number of anilines is 2. The Morgan fingerprint density at radius 2 is 1.66 bits per heavy atom. The zero-order valence-electron chi connectivity index (χ0n) is 16.8. The van der Waals surface area contributed by atoms with Crippen molar-refractivity contribution in [3.05, 3.63) is 90.5 Å². The van der Waals surface area contributed by atoms with E-state index in [9.17, 15) is 19.5 Å². The molecule has 1 aliphatic heterocycles. The summed E-state index contributed by atoms with van der Waals surface area (Å²) < 4.78 is 0. The summed E-state index contributed by atoms with van der Waals surface area (Å²) in [5, 5.41) is 13.5. The standard InChI is InChI=1S/C24H19N3O4S/c28-21(25-18-11-7-8-16(14-18)23(30)31)15-20-22(29)27(19-12-5-2-6-13-19)24(32-20)26-17-9-3-1-4-10-17/h1-14,20H,15H2,(H,25,28)(H,30,31)/p-1/t20-/m0/s1. The predicted molar refractivity (Wildman–Crippen MR) is 123 cm³/mol. The topological polar surface area (TPSA) is 102 Å². The lowest BCUT2D eigenvalue weighted by Crippen LogP contribution is -2.33. The summed E-state index contributed by atoms with van der Waals surface area (Å²) in [4.78, 5) is 43.0. The number of aromatic carboxylic acids is 1. The normalized spacial score (nSPS) is 16.9. The number of hydrogen-bond acceptors (Lipinski definition) is 6. The maximum atomic E-state index is 13.2. The summed E-state index contributed by atoms with van der Waals surface area (Å²) in [5.74, 6) is -1.97. The number of thioether (sulfide) groups is 1. The molecular formula is C24H18N3O4S-. The number of aliphatic imine (C=N–C) groups is 1. The molecule has 3 aromatic rings. The van der Waals surface area contributed by atoms with E-state index in [2.05, 4.69) is 10.3 Å². The van der Waals surface area contributed by atoms with Crippen LogP contribution in [0.4, 0.5) is 17.1 Å². The molecule has 0 spiro atoms. The molecule has 3 aromatic carbocycles. The molecule has 160 valence electrons. The molecule has 0 radical (unpaired) electrons. The maximum absolute atomic E-state index is 13.2. The Balaban J connectivity index is 1.55. The zero-order chi connectivity index (χ0) is 22.5. The van der Waals surface area contributed by atoms with E-state index in [4.69, 9.17) is 0 Å². The average molecular weight is 444 g/mol. The van der Waals surface area contributed by atoms with Gasteiger partial charge in [-0.3, -0.25) is 14.5 Å². The monoisotopic (exact) mass is 444 g/mol. The van der Waals surface area contributed by atoms with Crippen LogP contribution in [-0.2, 0) is 9.59 Å². The number of hydrogen-bond donors (Lipinski definition) is 1. The van der Waals surface area contributed by atoms with Crippen LogP contribution in [0.2, 0.25) is 0 Å². The molecule has 2 amide bonds. The molecule has 0 bridgehead atoms. The van der Waals surface area contributed by atoms with Gasteiger partial charge in [0.2, 0.25) is 11.8 Å². The van der Waals surface area contributed by atoms with Crippen molar-refractivity contribution in [1.29, 1.82) is 0 Å². The average Bonchev–Trinajstić information content (AvgIpc) is 3.09. The van der Waals surface area contributed by atoms with Crippen LogP contribution in [0.25, 0.3) is 0 Å². The van der Waals surface area contributed by atoms with Gasteiger partial charge in [-0.15, -0.1) is 0 Å². The highest BCUT2D eigenvalue weighted by atomic mass is 32.2. The number of amides is 2. The first-order chi connectivity index (χ1) is 15.5. The van der Waals surface area contributed by atoms with Crippen molar-refractivity contribution < 1.29 is 19.5 Å². The molecule has 8 heteroatoms. The van der Waals surface area contributed by atoms with Gasteiger partial charge in [-0.25, -0.2) is 4.99 Å². The highest BCUT2D eigenvalue weighted by Gasteiger charge is 2.40. The zero-order valence-corrected chi connectivity index (χ0v) is 17.6. The Morgan fingerprint density at radius 3 is 2.34 bits per heavy atom. The highest BCUT2D eigenvalue weighted by Crippen LogP contribution is 2.35. The van der Waals surface area contributed by atoms with Gasteiger partial charge in [-0.1, -0.05) is 60.3 Å². The number of carbonyl (C=O) groups excluding carboxylic acids is 3. The Bertz CT molecular complexity index is 1180. The molecule has 0 unspecified atom stereocenters. The lowest BCUT2D eigenvalue weighted by atomic mass is 10.2. The summed E-state index contributed by atoms with van der Waals surface area (Å²) in [6, 6.07) is 24.2. The van der Waals surface area contributed by atoms with E-state index >= 15 is 0 Å². The van der Waals surface area contributed by atoms with Gasteiger partial charge in [0.15, 0.2) is 5.17 Å². The molecule has 4 rings (SSSR count). The van der Waals surface area contributed by atoms with Crippen LogP contribution in [0.3, 0.4) is 0 Å². The van der Waals surface area contributed by atoms with E-state index in [1.165, 1.54) is 34.9 Å². The van der Waals surface area contributed by atoms with E-state index in [1.807, 2.05) is 60.7 Å². The molecule has 0 aliphatic carbocycles. The number of para-hydroxylation sites is 2. The Hall–Kier alpha value is -3.91. The van der Waals surface area contributed by atoms with Crippen molar-refractivity contribution in [2.24, 2.45) is 4.99 Å². The first kappa shape index (κ1) is 21.3. The van der Waals surface area contributed by atoms with Gasteiger partial charge in [0.05, 0.1) is 17.3 Å². The Labute approximate surface area is 188 Å². The smallest absolute Gasteiger partial charge is 0.247 e. The van der Waals surface area contributed by atoms with Crippen molar-refractivity contribution in [1.82, 2.24) is 0 Å². The molecule has 1 atom stereocenters. The minimum atomic E-state index is -1.33. The Kier molecular flexibility index (Phi) is 6.32. The van der Waals surface area contributed by atoms with Gasteiger partial charge in [0.1, 0.15) is 5.25 Å². The van der Waals surface area contributed by atoms with Gasteiger partial charge in [-0.05, 0) is 42.0 Å². The molecule has 1 heterocycles. The molecule has 0 aromatic heterocycles. The molecule has 1 N–H and O–H groups in total. The van der Waals surface area contributed by atoms with Crippen molar-refractivity contribution in [3.8, 4) is 0 Å². The van der Waals surface area contributed by atoms with E-state index in [0.717, 1.165) is 0 Å². The van der Waals surface area contributed by atoms with Gasteiger partial charge >= 0.3 is 0 Å². The molecule has 32 heavy (non-hydrogen) atoms. The second kappa shape index (κ2) is 9.49. The van der Waals surface area contributed by atoms with E-state index in [-0.39, 0.29) is 17.9 Å². The lowest BCUT2D eigenvalue weighted by molar-refractivity contribution is -0.255. The minimum Gasteiger partial charge on any atom is -0.545 e. The van der Waals surface area contributed by atoms with Crippen LogP contribution in [0.1, 0.15) is 16.8 Å². The quantitative estimate of drug-likeness (QED) is 0.629. The number of benzene rings is 3.